The highest BCUT2D eigenvalue weighted by Gasteiger charge is 2.13. The number of benzene rings is 1. The molecule has 0 aliphatic carbocycles. The highest BCUT2D eigenvalue weighted by atomic mass is 79.9. The van der Waals surface area contributed by atoms with Crippen LogP contribution in [0, 0.1) is 0 Å². The first kappa shape index (κ1) is 12.7. The number of nitrogens with two attached hydrogens (primary N) is 1. The maximum Gasteiger partial charge on any atom is 0.169 e. The van der Waals surface area contributed by atoms with E-state index in [1.807, 2.05) is 36.4 Å². The quantitative estimate of drug-likeness (QED) is 0.869. The van der Waals surface area contributed by atoms with Crippen LogP contribution in [0.5, 0.6) is 0 Å². The molecule has 0 aliphatic rings. The summed E-state index contributed by atoms with van der Waals surface area (Å²) in [6, 6.07) is 11.7. The van der Waals surface area contributed by atoms with Gasteiger partial charge >= 0.3 is 0 Å². The molecule has 0 bridgehead atoms. The van der Waals surface area contributed by atoms with Crippen LogP contribution in [0.3, 0.4) is 0 Å². The maximum absolute atomic E-state index is 5.75. The van der Waals surface area contributed by atoms with Crippen molar-refractivity contribution in [1.29, 1.82) is 0 Å². The minimum absolute atomic E-state index is 0.0319. The summed E-state index contributed by atoms with van der Waals surface area (Å²) in [6.45, 7) is 0.465. The van der Waals surface area contributed by atoms with E-state index in [1.54, 1.807) is 0 Å². The number of furan rings is 1. The van der Waals surface area contributed by atoms with Gasteiger partial charge in [0.2, 0.25) is 0 Å². The van der Waals surface area contributed by atoms with Gasteiger partial charge in [-0.05, 0) is 46.3 Å². The van der Waals surface area contributed by atoms with Crippen LogP contribution in [-0.2, 0) is 0 Å². The van der Waals surface area contributed by atoms with Crippen molar-refractivity contribution in [1.82, 2.24) is 0 Å². The van der Waals surface area contributed by atoms with Crippen LogP contribution in [0.2, 0.25) is 0 Å². The first-order valence-corrected chi connectivity index (χ1v) is 6.75. The zero-order valence-corrected chi connectivity index (χ0v) is 12.2. The monoisotopic (exact) mass is 358 g/mol. The number of anilines is 1. The Morgan fingerprint density at radius 2 is 2.06 bits per heavy atom. The minimum atomic E-state index is -0.0319. The zero-order chi connectivity index (χ0) is 12.3. The Bertz CT molecular complexity index is 499. The highest BCUT2D eigenvalue weighted by molar-refractivity contribution is 9.10. The van der Waals surface area contributed by atoms with E-state index < -0.39 is 0 Å². The third-order valence-corrected chi connectivity index (χ3v) is 3.26. The van der Waals surface area contributed by atoms with Crippen LogP contribution in [0.4, 0.5) is 5.69 Å². The summed E-state index contributed by atoms with van der Waals surface area (Å²) in [4.78, 5) is 0. The molecule has 0 amide bonds. The standard InChI is InChI=1S/C12H12Br2N2O/c13-8-2-1-3-9(6-8)16-10(7-15)11-4-5-12(14)17-11/h1-6,10,16H,7,15H2. The van der Waals surface area contributed by atoms with Crippen LogP contribution < -0.4 is 11.1 Å². The van der Waals surface area contributed by atoms with Crippen molar-refractivity contribution in [3.63, 3.8) is 0 Å². The average Bonchev–Trinajstić information content (AvgIpc) is 2.73. The van der Waals surface area contributed by atoms with Crippen molar-refractivity contribution >= 4 is 37.5 Å². The van der Waals surface area contributed by atoms with Gasteiger partial charge < -0.3 is 15.5 Å². The lowest BCUT2D eigenvalue weighted by atomic mass is 10.2. The van der Waals surface area contributed by atoms with E-state index >= 15 is 0 Å². The molecule has 3 N–H and O–H groups in total. The molecule has 0 saturated heterocycles. The Balaban J connectivity index is 2.15. The number of nitrogens with one attached hydrogen (secondary N) is 1. The summed E-state index contributed by atoms with van der Waals surface area (Å²) < 4.78 is 7.24. The van der Waals surface area contributed by atoms with Crippen LogP contribution in [0.25, 0.3) is 0 Å². The van der Waals surface area contributed by atoms with Gasteiger partial charge in [-0.1, -0.05) is 22.0 Å². The number of hydrogen-bond donors (Lipinski definition) is 2. The predicted molar refractivity (Wildman–Crippen MR) is 76.0 cm³/mol. The topological polar surface area (TPSA) is 51.2 Å². The van der Waals surface area contributed by atoms with E-state index in [0.29, 0.717) is 11.2 Å². The maximum atomic E-state index is 5.75. The highest BCUT2D eigenvalue weighted by Crippen LogP contribution is 2.24. The fourth-order valence-electron chi connectivity index (χ4n) is 1.54. The first-order valence-electron chi connectivity index (χ1n) is 5.16. The Hall–Kier alpha value is -0.780. The largest absolute Gasteiger partial charge is 0.452 e. The molecule has 0 aliphatic heterocycles. The fraction of sp³-hybridized carbons (Fsp3) is 0.167. The van der Waals surface area contributed by atoms with E-state index in [1.165, 1.54) is 0 Å². The Morgan fingerprint density at radius 1 is 1.24 bits per heavy atom. The van der Waals surface area contributed by atoms with Gasteiger partial charge in [0, 0.05) is 16.7 Å². The zero-order valence-electron chi connectivity index (χ0n) is 8.99. The Morgan fingerprint density at radius 3 is 2.65 bits per heavy atom. The Kier molecular flexibility index (Phi) is 4.25. The lowest BCUT2D eigenvalue weighted by molar-refractivity contribution is 0.463. The van der Waals surface area contributed by atoms with Crippen LogP contribution in [0.15, 0.2) is 50.0 Å². The summed E-state index contributed by atoms with van der Waals surface area (Å²) in [7, 11) is 0. The molecule has 2 rings (SSSR count). The number of halogens is 2. The van der Waals surface area contributed by atoms with Crippen LogP contribution in [0.1, 0.15) is 11.8 Å². The summed E-state index contributed by atoms with van der Waals surface area (Å²) >= 11 is 6.72. The molecule has 5 heteroatoms. The lowest BCUT2D eigenvalue weighted by Gasteiger charge is -2.15. The first-order chi connectivity index (χ1) is 8.19. The molecule has 0 fully saturated rings. The minimum Gasteiger partial charge on any atom is -0.452 e. The molecular weight excluding hydrogens is 348 g/mol. The van der Waals surface area contributed by atoms with E-state index in [2.05, 4.69) is 37.2 Å². The SMILES string of the molecule is NCC(Nc1cccc(Br)c1)c1ccc(Br)o1. The molecule has 3 nitrogen and oxygen atoms in total. The summed E-state index contributed by atoms with van der Waals surface area (Å²) in [6.07, 6.45) is 0. The molecule has 17 heavy (non-hydrogen) atoms. The molecule has 1 aromatic carbocycles. The third-order valence-electron chi connectivity index (χ3n) is 2.34. The van der Waals surface area contributed by atoms with Crippen LogP contribution >= 0.6 is 31.9 Å². The summed E-state index contributed by atoms with van der Waals surface area (Å²) in [5.41, 5.74) is 6.75. The van der Waals surface area contributed by atoms with Gasteiger partial charge in [0.15, 0.2) is 4.67 Å². The van der Waals surface area contributed by atoms with Crippen molar-refractivity contribution in [2.24, 2.45) is 5.73 Å². The molecule has 90 valence electrons. The van der Waals surface area contributed by atoms with Gasteiger partial charge in [-0.15, -0.1) is 0 Å². The van der Waals surface area contributed by atoms with Gasteiger partial charge in [0.25, 0.3) is 0 Å². The second-order valence-electron chi connectivity index (χ2n) is 3.58. The van der Waals surface area contributed by atoms with E-state index in [-0.39, 0.29) is 6.04 Å². The normalized spacial score (nSPS) is 12.4. The molecule has 0 saturated carbocycles. The van der Waals surface area contributed by atoms with Gasteiger partial charge in [-0.2, -0.15) is 0 Å². The van der Waals surface area contributed by atoms with Gasteiger partial charge in [-0.3, -0.25) is 0 Å². The number of hydrogen-bond acceptors (Lipinski definition) is 3. The third kappa shape index (κ3) is 3.34. The molecular formula is C12H12Br2N2O. The van der Waals surface area contributed by atoms with Crippen LogP contribution in [-0.4, -0.2) is 6.54 Å². The molecule has 1 atom stereocenters. The van der Waals surface area contributed by atoms with E-state index in [0.717, 1.165) is 15.9 Å². The van der Waals surface area contributed by atoms with Gasteiger partial charge in [-0.25, -0.2) is 0 Å². The van der Waals surface area contributed by atoms with E-state index in [4.69, 9.17) is 10.2 Å². The van der Waals surface area contributed by atoms with Crippen molar-refractivity contribution < 1.29 is 4.42 Å². The second kappa shape index (κ2) is 5.71. The average molecular weight is 360 g/mol. The van der Waals surface area contributed by atoms with Crippen molar-refractivity contribution in [3.05, 3.63) is 51.3 Å². The molecule has 0 spiro atoms. The molecule has 2 aromatic rings. The van der Waals surface area contributed by atoms with Crippen molar-refractivity contribution in [2.75, 3.05) is 11.9 Å². The lowest BCUT2D eigenvalue weighted by Crippen LogP contribution is -2.20. The smallest absolute Gasteiger partial charge is 0.169 e. The fourth-order valence-corrected chi connectivity index (χ4v) is 2.26. The van der Waals surface area contributed by atoms with E-state index in [9.17, 15) is 0 Å². The van der Waals surface area contributed by atoms with Gasteiger partial charge in [0.1, 0.15) is 5.76 Å². The summed E-state index contributed by atoms with van der Waals surface area (Å²) in [5, 5.41) is 3.33. The summed E-state index contributed by atoms with van der Waals surface area (Å²) in [5.74, 6) is 0.819. The predicted octanol–water partition coefficient (Wildman–Crippen LogP) is 3.92. The second-order valence-corrected chi connectivity index (χ2v) is 5.28. The van der Waals surface area contributed by atoms with Crippen molar-refractivity contribution in [2.45, 2.75) is 6.04 Å². The molecule has 1 heterocycles. The number of rotatable bonds is 4. The molecule has 0 radical (unpaired) electrons. The molecule has 1 unspecified atom stereocenters. The molecule has 1 aromatic heterocycles. The van der Waals surface area contributed by atoms with Gasteiger partial charge in [0.05, 0.1) is 6.04 Å². The Labute approximate surface area is 117 Å². The van der Waals surface area contributed by atoms with Crippen molar-refractivity contribution in [3.8, 4) is 0 Å².